The first kappa shape index (κ1) is 19.8. The van der Waals surface area contributed by atoms with Gasteiger partial charge in [-0.25, -0.2) is 4.98 Å². The number of carbonyl (C=O) groups is 1. The van der Waals surface area contributed by atoms with Gasteiger partial charge in [-0.15, -0.1) is 11.3 Å². The number of aryl methyl sites for hydroxylation is 2. The van der Waals surface area contributed by atoms with Crippen LogP contribution in [0.1, 0.15) is 40.4 Å². The summed E-state index contributed by atoms with van der Waals surface area (Å²) in [6.45, 7) is 6.42. The lowest BCUT2D eigenvalue weighted by Gasteiger charge is -2.15. The van der Waals surface area contributed by atoms with E-state index in [0.717, 1.165) is 33.1 Å². The Bertz CT molecular complexity index is 978. The first-order valence-corrected chi connectivity index (χ1v) is 10.1. The van der Waals surface area contributed by atoms with Gasteiger partial charge in [-0.05, 0) is 44.0 Å². The average Bonchev–Trinajstić information content (AvgIpc) is 3.11. The minimum atomic E-state index is -0.138. The number of benzene rings is 2. The molecular weight excluding hydrogens is 368 g/mol. The van der Waals surface area contributed by atoms with Gasteiger partial charge in [-0.2, -0.15) is 0 Å². The van der Waals surface area contributed by atoms with Crippen molar-refractivity contribution < 1.29 is 9.53 Å². The number of hydrogen-bond donors (Lipinski definition) is 1. The third-order valence-corrected chi connectivity index (χ3v) is 5.21. The van der Waals surface area contributed by atoms with Crippen molar-refractivity contribution in [1.29, 1.82) is 0 Å². The predicted octanol–water partition coefficient (Wildman–Crippen LogP) is 5.23. The van der Waals surface area contributed by atoms with Crippen molar-refractivity contribution >= 4 is 23.3 Å². The summed E-state index contributed by atoms with van der Waals surface area (Å²) in [6.07, 6.45) is 3.32. The summed E-state index contributed by atoms with van der Waals surface area (Å²) in [7, 11) is 0. The van der Waals surface area contributed by atoms with Crippen LogP contribution in [0.3, 0.4) is 0 Å². The Morgan fingerprint density at radius 2 is 1.93 bits per heavy atom. The van der Waals surface area contributed by atoms with E-state index in [1.54, 1.807) is 23.5 Å². The Labute approximate surface area is 169 Å². The van der Waals surface area contributed by atoms with Gasteiger partial charge >= 0.3 is 0 Å². The summed E-state index contributed by atoms with van der Waals surface area (Å²) in [5, 5.41) is 6.03. The topological polar surface area (TPSA) is 51.2 Å². The van der Waals surface area contributed by atoms with Crippen LogP contribution in [0.5, 0.6) is 5.75 Å². The molecule has 0 saturated carbocycles. The van der Waals surface area contributed by atoms with Gasteiger partial charge in [0.05, 0.1) is 16.7 Å². The lowest BCUT2D eigenvalue weighted by atomic mass is 10.0. The lowest BCUT2D eigenvalue weighted by Crippen LogP contribution is -2.25. The maximum Gasteiger partial charge on any atom is 0.244 e. The molecule has 1 amide bonds. The number of carbonyl (C=O) groups excluding carboxylic acids is 1. The second-order valence-electron chi connectivity index (χ2n) is 6.60. The molecule has 0 spiro atoms. The van der Waals surface area contributed by atoms with Crippen LogP contribution < -0.4 is 10.1 Å². The molecule has 1 atom stereocenters. The first-order valence-electron chi connectivity index (χ1n) is 9.20. The number of amides is 1. The van der Waals surface area contributed by atoms with Crippen molar-refractivity contribution in [2.45, 2.75) is 33.4 Å². The van der Waals surface area contributed by atoms with Crippen LogP contribution in [0.4, 0.5) is 0 Å². The molecule has 1 N–H and O–H groups in total. The standard InChI is InChI=1S/C23H24N2O2S/c1-16-8-4-6-10-21(16)17(2)24-23(26)13-12-19-9-5-7-11-22(19)27-14-20-15-28-18(3)25-20/h4-13,15,17H,14H2,1-3H3,(H,24,26)/b13-12+/t17-/m0/s1. The lowest BCUT2D eigenvalue weighted by molar-refractivity contribution is -0.117. The number of aromatic nitrogens is 1. The molecule has 0 saturated heterocycles. The van der Waals surface area contributed by atoms with E-state index in [9.17, 15) is 4.79 Å². The second kappa shape index (κ2) is 9.33. The molecule has 1 aromatic heterocycles. The molecule has 2 aromatic carbocycles. The number of thiazole rings is 1. The maximum atomic E-state index is 12.4. The van der Waals surface area contributed by atoms with Gasteiger partial charge in [0.15, 0.2) is 0 Å². The van der Waals surface area contributed by atoms with E-state index in [4.69, 9.17) is 4.74 Å². The van der Waals surface area contributed by atoms with E-state index >= 15 is 0 Å². The van der Waals surface area contributed by atoms with Crippen LogP contribution >= 0.6 is 11.3 Å². The number of para-hydroxylation sites is 1. The van der Waals surface area contributed by atoms with Gasteiger partial charge in [0, 0.05) is 17.0 Å². The van der Waals surface area contributed by atoms with Crippen molar-refractivity contribution in [3.05, 3.63) is 87.4 Å². The summed E-state index contributed by atoms with van der Waals surface area (Å²) in [4.78, 5) is 16.8. The summed E-state index contributed by atoms with van der Waals surface area (Å²) in [6, 6.07) is 15.7. The fourth-order valence-corrected chi connectivity index (χ4v) is 3.55. The summed E-state index contributed by atoms with van der Waals surface area (Å²) >= 11 is 1.60. The number of nitrogens with one attached hydrogen (secondary N) is 1. The number of rotatable bonds is 7. The van der Waals surface area contributed by atoms with E-state index in [1.165, 1.54) is 0 Å². The molecule has 0 fully saturated rings. The second-order valence-corrected chi connectivity index (χ2v) is 7.67. The Balaban J connectivity index is 1.63. The fraction of sp³-hybridized carbons (Fsp3) is 0.217. The Morgan fingerprint density at radius 1 is 1.18 bits per heavy atom. The largest absolute Gasteiger partial charge is 0.487 e. The zero-order valence-corrected chi connectivity index (χ0v) is 17.1. The number of nitrogens with zero attached hydrogens (tertiary/aromatic N) is 1. The molecule has 5 heteroatoms. The number of hydrogen-bond acceptors (Lipinski definition) is 4. The number of ether oxygens (including phenoxy) is 1. The molecule has 144 valence electrons. The van der Waals surface area contributed by atoms with E-state index in [1.807, 2.05) is 74.7 Å². The van der Waals surface area contributed by atoms with Gasteiger partial charge < -0.3 is 10.1 Å². The Morgan fingerprint density at radius 3 is 2.68 bits per heavy atom. The molecule has 3 aromatic rings. The van der Waals surface area contributed by atoms with Crippen molar-refractivity contribution in [3.63, 3.8) is 0 Å². The molecule has 4 nitrogen and oxygen atoms in total. The molecular formula is C23H24N2O2S. The summed E-state index contributed by atoms with van der Waals surface area (Å²) in [5.41, 5.74) is 4.04. The van der Waals surface area contributed by atoms with Crippen LogP contribution in [0.25, 0.3) is 6.08 Å². The van der Waals surface area contributed by atoms with Crippen molar-refractivity contribution in [3.8, 4) is 5.75 Å². The van der Waals surface area contributed by atoms with E-state index in [-0.39, 0.29) is 11.9 Å². The Kier molecular flexibility index (Phi) is 6.61. The zero-order valence-electron chi connectivity index (χ0n) is 16.3. The molecule has 0 bridgehead atoms. The Hall–Kier alpha value is -2.92. The molecule has 3 rings (SSSR count). The quantitative estimate of drug-likeness (QED) is 0.560. The SMILES string of the molecule is Cc1nc(COc2ccccc2/C=C/C(=O)N[C@@H](C)c2ccccc2C)cs1. The third-order valence-electron chi connectivity index (χ3n) is 4.39. The van der Waals surface area contributed by atoms with Crippen LogP contribution in [0.15, 0.2) is 60.0 Å². The highest BCUT2D eigenvalue weighted by Gasteiger charge is 2.10. The molecule has 0 radical (unpaired) electrons. The summed E-state index contributed by atoms with van der Waals surface area (Å²) in [5.74, 6) is 0.588. The average molecular weight is 393 g/mol. The van der Waals surface area contributed by atoms with Crippen molar-refractivity contribution in [2.24, 2.45) is 0 Å². The monoisotopic (exact) mass is 392 g/mol. The summed E-state index contributed by atoms with van der Waals surface area (Å²) < 4.78 is 5.90. The van der Waals surface area contributed by atoms with Gasteiger partial charge in [0.25, 0.3) is 0 Å². The van der Waals surface area contributed by atoms with E-state index in [2.05, 4.69) is 10.3 Å². The molecule has 0 aliphatic heterocycles. The van der Waals surface area contributed by atoms with E-state index in [0.29, 0.717) is 6.61 Å². The smallest absolute Gasteiger partial charge is 0.244 e. The molecule has 1 heterocycles. The van der Waals surface area contributed by atoms with Crippen LogP contribution in [0.2, 0.25) is 0 Å². The fourth-order valence-electron chi connectivity index (χ4n) is 2.95. The predicted molar refractivity (Wildman–Crippen MR) is 114 cm³/mol. The molecule has 28 heavy (non-hydrogen) atoms. The van der Waals surface area contributed by atoms with Crippen LogP contribution in [0, 0.1) is 13.8 Å². The van der Waals surface area contributed by atoms with Gasteiger partial charge in [0.1, 0.15) is 12.4 Å². The maximum absolute atomic E-state index is 12.4. The molecule has 0 unspecified atom stereocenters. The van der Waals surface area contributed by atoms with Gasteiger partial charge in [-0.1, -0.05) is 42.5 Å². The molecule has 0 aliphatic carbocycles. The van der Waals surface area contributed by atoms with Crippen molar-refractivity contribution in [2.75, 3.05) is 0 Å². The van der Waals surface area contributed by atoms with E-state index < -0.39 is 0 Å². The highest BCUT2D eigenvalue weighted by molar-refractivity contribution is 7.09. The first-order chi connectivity index (χ1) is 13.5. The minimum absolute atomic E-state index is 0.0576. The highest BCUT2D eigenvalue weighted by Crippen LogP contribution is 2.21. The van der Waals surface area contributed by atoms with Crippen LogP contribution in [-0.4, -0.2) is 10.9 Å². The zero-order chi connectivity index (χ0) is 19.9. The van der Waals surface area contributed by atoms with Crippen molar-refractivity contribution in [1.82, 2.24) is 10.3 Å². The highest BCUT2D eigenvalue weighted by atomic mass is 32.1. The van der Waals surface area contributed by atoms with Crippen LogP contribution in [-0.2, 0) is 11.4 Å². The minimum Gasteiger partial charge on any atom is -0.487 e. The normalized spacial score (nSPS) is 12.1. The van der Waals surface area contributed by atoms with Gasteiger partial charge in [0.2, 0.25) is 5.91 Å². The van der Waals surface area contributed by atoms with Gasteiger partial charge in [-0.3, -0.25) is 4.79 Å². The molecule has 0 aliphatic rings. The third kappa shape index (κ3) is 5.30.